The van der Waals surface area contributed by atoms with Gasteiger partial charge in [-0.3, -0.25) is 4.90 Å². The van der Waals surface area contributed by atoms with Crippen molar-refractivity contribution in [3.05, 3.63) is 59.7 Å². The average Bonchev–Trinajstić information content (AvgIpc) is 2.74. The summed E-state index contributed by atoms with van der Waals surface area (Å²) in [7, 11) is -2.11. The van der Waals surface area contributed by atoms with Crippen LogP contribution in [-0.2, 0) is 16.4 Å². The van der Waals surface area contributed by atoms with Gasteiger partial charge in [0.1, 0.15) is 10.6 Å². The number of hydrogen-bond donors (Lipinski definition) is 0. The average molecular weight is 403 g/mol. The van der Waals surface area contributed by atoms with Crippen LogP contribution in [0.2, 0.25) is 0 Å². The Balaban J connectivity index is 1.95. The summed E-state index contributed by atoms with van der Waals surface area (Å²) in [5.41, 5.74) is 2.17. The molecule has 1 fully saturated rings. The highest BCUT2D eigenvalue weighted by Crippen LogP contribution is 2.32. The van der Waals surface area contributed by atoms with Crippen LogP contribution in [0.3, 0.4) is 0 Å². The third-order valence-corrected chi connectivity index (χ3v) is 7.32. The van der Waals surface area contributed by atoms with Crippen LogP contribution in [-0.4, -0.2) is 50.9 Å². The van der Waals surface area contributed by atoms with Crippen molar-refractivity contribution < 1.29 is 13.2 Å². The Morgan fingerprint density at radius 2 is 1.82 bits per heavy atom. The zero-order chi connectivity index (χ0) is 20.1. The highest BCUT2D eigenvalue weighted by molar-refractivity contribution is 7.89. The number of methoxy groups -OCH3 is 1. The van der Waals surface area contributed by atoms with Gasteiger partial charge in [-0.15, -0.1) is 0 Å². The third kappa shape index (κ3) is 4.24. The minimum Gasteiger partial charge on any atom is -0.495 e. The van der Waals surface area contributed by atoms with Gasteiger partial charge in [-0.2, -0.15) is 4.31 Å². The maximum atomic E-state index is 13.5. The monoisotopic (exact) mass is 402 g/mol. The second kappa shape index (κ2) is 9.07. The summed E-state index contributed by atoms with van der Waals surface area (Å²) in [6.07, 6.45) is 1.82. The summed E-state index contributed by atoms with van der Waals surface area (Å²) in [6.45, 7) is 6.75. The van der Waals surface area contributed by atoms with Gasteiger partial charge in [0.15, 0.2) is 0 Å². The smallest absolute Gasteiger partial charge is 0.246 e. The fourth-order valence-corrected chi connectivity index (χ4v) is 5.53. The molecule has 0 bridgehead atoms. The molecule has 0 spiro atoms. The number of rotatable bonds is 7. The van der Waals surface area contributed by atoms with Crippen LogP contribution in [0.1, 0.15) is 37.4 Å². The summed E-state index contributed by atoms with van der Waals surface area (Å²) >= 11 is 0. The zero-order valence-electron chi connectivity index (χ0n) is 17.0. The predicted octanol–water partition coefficient (Wildman–Crippen LogP) is 3.72. The van der Waals surface area contributed by atoms with Gasteiger partial charge in [0, 0.05) is 25.7 Å². The first-order valence-electron chi connectivity index (χ1n) is 9.97. The standard InChI is InChI=1S/C22H30N2O3S/c1-4-9-18-12-13-21(27-3)22(16-18)28(25,26)24-15-14-23(5-2)20(17-24)19-10-7-6-8-11-19/h6-8,10-13,16,20H,4-5,9,14-15,17H2,1-3H3. The van der Waals surface area contributed by atoms with Gasteiger partial charge in [-0.25, -0.2) is 8.42 Å². The molecular weight excluding hydrogens is 372 g/mol. The van der Waals surface area contributed by atoms with E-state index in [1.807, 2.05) is 24.3 Å². The molecule has 2 aromatic rings. The summed E-state index contributed by atoms with van der Waals surface area (Å²) in [5, 5.41) is 0. The fraction of sp³-hybridized carbons (Fsp3) is 0.455. The van der Waals surface area contributed by atoms with Crippen molar-refractivity contribution in [1.82, 2.24) is 9.21 Å². The Kier molecular flexibility index (Phi) is 6.75. The molecule has 0 saturated carbocycles. The van der Waals surface area contributed by atoms with Crippen LogP contribution in [0, 0.1) is 0 Å². The molecule has 1 heterocycles. The zero-order valence-corrected chi connectivity index (χ0v) is 17.8. The first-order chi connectivity index (χ1) is 13.5. The molecule has 0 aliphatic carbocycles. The first-order valence-corrected chi connectivity index (χ1v) is 11.4. The molecule has 1 aliphatic rings. The van der Waals surface area contributed by atoms with Crippen LogP contribution in [0.4, 0.5) is 0 Å². The number of sulfonamides is 1. The van der Waals surface area contributed by atoms with Crippen LogP contribution in [0.15, 0.2) is 53.4 Å². The number of likely N-dealkylation sites (N-methyl/N-ethyl adjacent to an activating group) is 1. The van der Waals surface area contributed by atoms with Crippen molar-refractivity contribution in [2.75, 3.05) is 33.3 Å². The van der Waals surface area contributed by atoms with Gasteiger partial charge >= 0.3 is 0 Å². The van der Waals surface area contributed by atoms with Crippen LogP contribution < -0.4 is 4.74 Å². The Labute approximate surface area is 169 Å². The molecule has 0 amide bonds. The summed E-state index contributed by atoms with van der Waals surface area (Å²) in [6, 6.07) is 15.7. The minimum atomic E-state index is -3.64. The normalized spacial score (nSPS) is 18.9. The van der Waals surface area contributed by atoms with Crippen molar-refractivity contribution in [3.8, 4) is 5.75 Å². The molecule has 1 unspecified atom stereocenters. The van der Waals surface area contributed by atoms with Crippen molar-refractivity contribution >= 4 is 10.0 Å². The van der Waals surface area contributed by atoms with Gasteiger partial charge < -0.3 is 4.74 Å². The topological polar surface area (TPSA) is 49.9 Å². The molecular formula is C22H30N2O3S. The molecule has 3 rings (SSSR count). The molecule has 5 nitrogen and oxygen atoms in total. The molecule has 1 aliphatic heterocycles. The lowest BCUT2D eigenvalue weighted by molar-refractivity contribution is 0.124. The lowest BCUT2D eigenvalue weighted by Crippen LogP contribution is -2.50. The van der Waals surface area contributed by atoms with Crippen LogP contribution in [0.5, 0.6) is 5.75 Å². The molecule has 0 radical (unpaired) electrons. The molecule has 1 saturated heterocycles. The Morgan fingerprint density at radius 1 is 1.07 bits per heavy atom. The van der Waals surface area contributed by atoms with Crippen molar-refractivity contribution in [1.29, 1.82) is 0 Å². The highest BCUT2D eigenvalue weighted by Gasteiger charge is 2.35. The number of piperazine rings is 1. The van der Waals surface area contributed by atoms with E-state index in [0.717, 1.165) is 30.5 Å². The van der Waals surface area contributed by atoms with E-state index in [0.29, 0.717) is 25.4 Å². The van der Waals surface area contributed by atoms with Crippen LogP contribution >= 0.6 is 0 Å². The van der Waals surface area contributed by atoms with Crippen LogP contribution in [0.25, 0.3) is 0 Å². The molecule has 0 N–H and O–H groups in total. The SMILES string of the molecule is CCCc1ccc(OC)c(S(=O)(=O)N2CCN(CC)C(c3ccccc3)C2)c1. The second-order valence-corrected chi connectivity index (χ2v) is 9.06. The van der Waals surface area contributed by atoms with E-state index >= 15 is 0 Å². The highest BCUT2D eigenvalue weighted by atomic mass is 32.2. The van der Waals surface area contributed by atoms with Crippen molar-refractivity contribution in [3.63, 3.8) is 0 Å². The minimum absolute atomic E-state index is 0.0551. The maximum absolute atomic E-state index is 13.5. The number of nitrogens with zero attached hydrogens (tertiary/aromatic N) is 2. The summed E-state index contributed by atoms with van der Waals surface area (Å²) < 4.78 is 34.1. The first kappa shape index (κ1) is 20.8. The fourth-order valence-electron chi connectivity index (χ4n) is 3.89. The van der Waals surface area contributed by atoms with Gasteiger partial charge in [0.05, 0.1) is 7.11 Å². The number of aryl methyl sites for hydroxylation is 1. The van der Waals surface area contributed by atoms with E-state index in [2.05, 4.69) is 30.9 Å². The lowest BCUT2D eigenvalue weighted by atomic mass is 10.0. The van der Waals surface area contributed by atoms with Crippen molar-refractivity contribution in [2.45, 2.75) is 37.6 Å². The maximum Gasteiger partial charge on any atom is 0.246 e. The van der Waals surface area contributed by atoms with E-state index < -0.39 is 10.0 Å². The molecule has 152 valence electrons. The number of ether oxygens (including phenoxy) is 1. The second-order valence-electron chi connectivity index (χ2n) is 7.15. The molecule has 28 heavy (non-hydrogen) atoms. The van der Waals surface area contributed by atoms with E-state index in [1.165, 1.54) is 7.11 Å². The molecule has 6 heteroatoms. The van der Waals surface area contributed by atoms with Gasteiger partial charge in [-0.1, -0.05) is 56.7 Å². The third-order valence-electron chi connectivity index (χ3n) is 5.43. The van der Waals surface area contributed by atoms with E-state index in [1.54, 1.807) is 16.4 Å². The molecule has 0 aromatic heterocycles. The van der Waals surface area contributed by atoms with E-state index in [9.17, 15) is 8.42 Å². The molecule has 1 atom stereocenters. The van der Waals surface area contributed by atoms with Gasteiger partial charge in [0.2, 0.25) is 10.0 Å². The largest absolute Gasteiger partial charge is 0.495 e. The predicted molar refractivity (Wildman–Crippen MR) is 112 cm³/mol. The van der Waals surface area contributed by atoms with Gasteiger partial charge in [0.25, 0.3) is 0 Å². The molecule has 2 aromatic carbocycles. The summed E-state index contributed by atoms with van der Waals surface area (Å²) in [5.74, 6) is 0.411. The van der Waals surface area contributed by atoms with E-state index in [4.69, 9.17) is 4.74 Å². The van der Waals surface area contributed by atoms with Gasteiger partial charge in [-0.05, 0) is 36.2 Å². The Morgan fingerprint density at radius 3 is 2.46 bits per heavy atom. The Bertz CT molecular complexity index is 884. The number of hydrogen-bond acceptors (Lipinski definition) is 4. The number of benzene rings is 2. The van der Waals surface area contributed by atoms with Crippen molar-refractivity contribution in [2.24, 2.45) is 0 Å². The lowest BCUT2D eigenvalue weighted by Gasteiger charge is -2.40. The van der Waals surface area contributed by atoms with E-state index in [-0.39, 0.29) is 10.9 Å². The quantitative estimate of drug-likeness (QED) is 0.708. The summed E-state index contributed by atoms with van der Waals surface area (Å²) in [4.78, 5) is 2.62. The Hall–Kier alpha value is -1.89.